The normalized spacial score (nSPS) is 15.3. The van der Waals surface area contributed by atoms with Crippen LogP contribution in [0.4, 0.5) is 5.69 Å². The van der Waals surface area contributed by atoms with Gasteiger partial charge in [-0.3, -0.25) is 4.79 Å². The molecule has 0 aromatic heterocycles. The molecule has 1 heterocycles. The summed E-state index contributed by atoms with van der Waals surface area (Å²) in [6.07, 6.45) is 0.0467. The third-order valence-corrected chi connectivity index (χ3v) is 6.50. The summed E-state index contributed by atoms with van der Waals surface area (Å²) in [5.41, 5.74) is 0.632. The van der Waals surface area contributed by atoms with Crippen molar-refractivity contribution in [3.8, 4) is 5.75 Å². The van der Waals surface area contributed by atoms with Crippen LogP contribution in [-0.4, -0.2) is 51.0 Å². The Bertz CT molecular complexity index is 971. The van der Waals surface area contributed by atoms with Gasteiger partial charge in [0.15, 0.2) is 0 Å². The summed E-state index contributed by atoms with van der Waals surface area (Å²) in [6.45, 7) is 5.09. The predicted octanol–water partition coefficient (Wildman–Crippen LogP) is 3.40. The maximum atomic E-state index is 12.8. The van der Waals surface area contributed by atoms with Gasteiger partial charge >= 0.3 is 0 Å². The van der Waals surface area contributed by atoms with Gasteiger partial charge in [-0.25, -0.2) is 8.42 Å². The highest BCUT2D eigenvalue weighted by atomic mass is 35.5. The lowest BCUT2D eigenvalue weighted by Gasteiger charge is -2.26. The second-order valence-corrected chi connectivity index (χ2v) is 9.15. The Kier molecular flexibility index (Phi) is 6.79. The lowest BCUT2D eigenvalue weighted by atomic mass is 10.2. The van der Waals surface area contributed by atoms with Crippen LogP contribution in [0.2, 0.25) is 5.02 Å². The van der Waals surface area contributed by atoms with E-state index < -0.39 is 15.9 Å². The van der Waals surface area contributed by atoms with Gasteiger partial charge in [-0.05, 0) is 56.3 Å². The highest BCUT2D eigenvalue weighted by Crippen LogP contribution is 2.25. The number of morpholine rings is 1. The molecule has 2 aromatic carbocycles. The van der Waals surface area contributed by atoms with Gasteiger partial charge in [0.05, 0.1) is 34.8 Å². The number of hydrogen-bond acceptors (Lipinski definition) is 5. The first-order valence-corrected chi connectivity index (χ1v) is 11.0. The van der Waals surface area contributed by atoms with E-state index in [0.29, 0.717) is 24.7 Å². The first-order valence-electron chi connectivity index (χ1n) is 9.23. The number of benzene rings is 2. The number of ether oxygens (including phenoxy) is 2. The molecule has 0 radical (unpaired) electrons. The minimum absolute atomic E-state index is 0.0228. The zero-order valence-electron chi connectivity index (χ0n) is 16.2. The van der Waals surface area contributed by atoms with Crippen LogP contribution >= 0.6 is 11.6 Å². The summed E-state index contributed by atoms with van der Waals surface area (Å²) in [4.78, 5) is 12.7. The minimum Gasteiger partial charge on any atom is -0.491 e. The fourth-order valence-electron chi connectivity index (χ4n) is 2.86. The number of rotatable bonds is 6. The molecule has 1 aliphatic heterocycles. The Labute approximate surface area is 175 Å². The van der Waals surface area contributed by atoms with Crippen LogP contribution in [0, 0.1) is 0 Å². The van der Waals surface area contributed by atoms with Crippen LogP contribution in [-0.2, 0) is 14.8 Å². The molecule has 9 heteroatoms. The van der Waals surface area contributed by atoms with Crippen LogP contribution in [0.3, 0.4) is 0 Å². The Hall–Kier alpha value is -2.13. The zero-order valence-corrected chi connectivity index (χ0v) is 17.8. The Balaban J connectivity index is 1.79. The van der Waals surface area contributed by atoms with Crippen LogP contribution in [0.15, 0.2) is 47.4 Å². The smallest absolute Gasteiger partial charge is 0.257 e. The monoisotopic (exact) mass is 438 g/mol. The van der Waals surface area contributed by atoms with E-state index in [1.165, 1.54) is 22.5 Å². The third kappa shape index (κ3) is 5.27. The van der Waals surface area contributed by atoms with Gasteiger partial charge in [0.25, 0.3) is 5.91 Å². The number of carbonyl (C=O) groups is 1. The maximum absolute atomic E-state index is 12.8. The second-order valence-electron chi connectivity index (χ2n) is 6.80. The Morgan fingerprint density at radius 2 is 1.79 bits per heavy atom. The van der Waals surface area contributed by atoms with Crippen molar-refractivity contribution in [2.24, 2.45) is 0 Å². The molecule has 1 fully saturated rings. The highest BCUT2D eigenvalue weighted by Gasteiger charge is 2.27. The summed E-state index contributed by atoms with van der Waals surface area (Å²) in [6, 6.07) is 11.0. The van der Waals surface area contributed by atoms with Crippen molar-refractivity contribution >= 4 is 33.2 Å². The van der Waals surface area contributed by atoms with E-state index in [4.69, 9.17) is 21.1 Å². The summed E-state index contributed by atoms with van der Waals surface area (Å²) in [5, 5.41) is 2.90. The molecule has 1 amide bonds. The van der Waals surface area contributed by atoms with Gasteiger partial charge in [-0.2, -0.15) is 4.31 Å². The Morgan fingerprint density at radius 1 is 1.14 bits per heavy atom. The van der Waals surface area contributed by atoms with Gasteiger partial charge in [-0.1, -0.05) is 11.6 Å². The average Bonchev–Trinajstić information content (AvgIpc) is 2.70. The van der Waals surface area contributed by atoms with Crippen molar-refractivity contribution in [3.05, 3.63) is 53.1 Å². The van der Waals surface area contributed by atoms with Gasteiger partial charge < -0.3 is 14.8 Å². The molecule has 2 aromatic rings. The molecule has 7 nitrogen and oxygen atoms in total. The van der Waals surface area contributed by atoms with Crippen molar-refractivity contribution in [3.63, 3.8) is 0 Å². The summed E-state index contributed by atoms with van der Waals surface area (Å²) in [7, 11) is -3.73. The van der Waals surface area contributed by atoms with Crippen molar-refractivity contribution < 1.29 is 22.7 Å². The molecule has 0 atom stereocenters. The van der Waals surface area contributed by atoms with Crippen molar-refractivity contribution in [2.45, 2.75) is 24.8 Å². The molecule has 0 bridgehead atoms. The average molecular weight is 439 g/mol. The van der Waals surface area contributed by atoms with Crippen molar-refractivity contribution in [1.29, 1.82) is 0 Å². The number of nitrogens with one attached hydrogen (secondary N) is 1. The molecule has 0 spiro atoms. The number of anilines is 1. The standard InChI is InChI=1S/C20H23ClN2O5S/c1-14(2)28-16-5-3-15(4-6-16)22-20(24)18-13-17(7-8-19(18)21)29(25,26)23-9-11-27-12-10-23/h3-8,13-14H,9-12H2,1-2H3,(H,22,24). The molecule has 1 saturated heterocycles. The Morgan fingerprint density at radius 3 is 2.41 bits per heavy atom. The molecule has 156 valence electrons. The van der Waals surface area contributed by atoms with Gasteiger partial charge in [-0.15, -0.1) is 0 Å². The topological polar surface area (TPSA) is 84.9 Å². The van der Waals surface area contributed by atoms with Crippen LogP contribution in [0.1, 0.15) is 24.2 Å². The summed E-state index contributed by atoms with van der Waals surface area (Å²) in [5.74, 6) is 0.196. The summed E-state index contributed by atoms with van der Waals surface area (Å²) >= 11 is 6.17. The highest BCUT2D eigenvalue weighted by molar-refractivity contribution is 7.89. The van der Waals surface area contributed by atoms with Gasteiger partial charge in [0, 0.05) is 18.8 Å². The number of nitrogens with zero attached hydrogens (tertiary/aromatic N) is 1. The fraction of sp³-hybridized carbons (Fsp3) is 0.350. The van der Waals surface area contributed by atoms with Gasteiger partial charge in [0.2, 0.25) is 10.0 Å². The van der Waals surface area contributed by atoms with E-state index in [-0.39, 0.29) is 34.7 Å². The maximum Gasteiger partial charge on any atom is 0.257 e. The molecule has 1 N–H and O–H groups in total. The predicted molar refractivity (Wildman–Crippen MR) is 111 cm³/mol. The molecule has 1 aliphatic rings. The molecule has 3 rings (SSSR count). The molecule has 29 heavy (non-hydrogen) atoms. The largest absolute Gasteiger partial charge is 0.491 e. The van der Waals surface area contributed by atoms with Gasteiger partial charge in [0.1, 0.15) is 5.75 Å². The van der Waals surface area contributed by atoms with E-state index in [1.54, 1.807) is 24.3 Å². The van der Waals surface area contributed by atoms with Crippen LogP contribution < -0.4 is 10.1 Å². The fourth-order valence-corrected chi connectivity index (χ4v) is 4.50. The molecule has 0 saturated carbocycles. The minimum atomic E-state index is -3.73. The van der Waals surface area contributed by atoms with Crippen molar-refractivity contribution in [2.75, 3.05) is 31.6 Å². The van der Waals surface area contributed by atoms with Crippen LogP contribution in [0.5, 0.6) is 5.75 Å². The number of carbonyl (C=O) groups excluding carboxylic acids is 1. The molecule has 0 aliphatic carbocycles. The number of sulfonamides is 1. The summed E-state index contributed by atoms with van der Waals surface area (Å²) < 4.78 is 37.8. The van der Waals surface area contributed by atoms with E-state index >= 15 is 0 Å². The SMILES string of the molecule is CC(C)Oc1ccc(NC(=O)c2cc(S(=O)(=O)N3CCOCC3)ccc2Cl)cc1. The number of halogens is 1. The number of amides is 1. The molecular formula is C20H23ClN2O5S. The first kappa shape index (κ1) is 21.6. The first-order chi connectivity index (χ1) is 13.8. The zero-order chi connectivity index (χ0) is 21.0. The lowest BCUT2D eigenvalue weighted by molar-refractivity contribution is 0.0730. The third-order valence-electron chi connectivity index (χ3n) is 4.27. The van der Waals surface area contributed by atoms with E-state index in [9.17, 15) is 13.2 Å². The van der Waals surface area contributed by atoms with E-state index in [1.807, 2.05) is 13.8 Å². The van der Waals surface area contributed by atoms with E-state index in [2.05, 4.69) is 5.32 Å². The van der Waals surface area contributed by atoms with E-state index in [0.717, 1.165) is 0 Å². The second kappa shape index (κ2) is 9.13. The number of hydrogen-bond donors (Lipinski definition) is 1. The molecule has 0 unspecified atom stereocenters. The molecular weight excluding hydrogens is 416 g/mol. The quantitative estimate of drug-likeness (QED) is 0.747. The van der Waals surface area contributed by atoms with Crippen LogP contribution in [0.25, 0.3) is 0 Å². The lowest BCUT2D eigenvalue weighted by Crippen LogP contribution is -2.40. The van der Waals surface area contributed by atoms with Crippen molar-refractivity contribution in [1.82, 2.24) is 4.31 Å².